The van der Waals surface area contributed by atoms with E-state index in [0.717, 1.165) is 5.56 Å². The molecule has 2 N–H and O–H groups in total. The smallest absolute Gasteiger partial charge is 0.0914 e. The van der Waals surface area contributed by atoms with Crippen LogP contribution in [0.2, 0.25) is 0 Å². The van der Waals surface area contributed by atoms with Gasteiger partial charge in [0.05, 0.1) is 12.7 Å². The number of methoxy groups -OCH3 is 1. The summed E-state index contributed by atoms with van der Waals surface area (Å²) >= 11 is 0. The Labute approximate surface area is 110 Å². The summed E-state index contributed by atoms with van der Waals surface area (Å²) in [6.45, 7) is 7.55. The van der Waals surface area contributed by atoms with Crippen molar-refractivity contribution in [1.29, 1.82) is 0 Å². The van der Waals surface area contributed by atoms with Gasteiger partial charge >= 0.3 is 0 Å². The van der Waals surface area contributed by atoms with Gasteiger partial charge in [-0.1, -0.05) is 43.7 Å². The fraction of sp³-hybridized carbons (Fsp3) is 0.600. The average molecular weight is 251 g/mol. The molecule has 1 aromatic carbocycles. The van der Waals surface area contributed by atoms with Crippen molar-refractivity contribution in [1.82, 2.24) is 5.32 Å². The molecule has 0 amide bonds. The van der Waals surface area contributed by atoms with Crippen molar-refractivity contribution in [2.75, 3.05) is 20.3 Å². The second-order valence-corrected chi connectivity index (χ2v) is 5.14. The number of ether oxygens (including phenoxy) is 1. The van der Waals surface area contributed by atoms with Gasteiger partial charge in [0.25, 0.3) is 0 Å². The van der Waals surface area contributed by atoms with Gasteiger partial charge in [0.15, 0.2) is 0 Å². The van der Waals surface area contributed by atoms with E-state index >= 15 is 0 Å². The molecule has 2 unspecified atom stereocenters. The minimum Gasteiger partial charge on any atom is -0.387 e. The highest BCUT2D eigenvalue weighted by molar-refractivity contribution is 5.23. The maximum Gasteiger partial charge on any atom is 0.0914 e. The van der Waals surface area contributed by atoms with E-state index in [4.69, 9.17) is 4.74 Å². The van der Waals surface area contributed by atoms with Crippen LogP contribution in [0.5, 0.6) is 0 Å². The van der Waals surface area contributed by atoms with Crippen molar-refractivity contribution < 1.29 is 9.84 Å². The van der Waals surface area contributed by atoms with Gasteiger partial charge in [0.2, 0.25) is 0 Å². The number of hydrogen-bond donors (Lipinski definition) is 2. The number of aliphatic hydroxyl groups excluding tert-OH is 1. The first kappa shape index (κ1) is 15.2. The number of benzene rings is 1. The van der Waals surface area contributed by atoms with Crippen LogP contribution in [0.15, 0.2) is 24.3 Å². The second kappa shape index (κ2) is 7.52. The van der Waals surface area contributed by atoms with Gasteiger partial charge in [-0.25, -0.2) is 0 Å². The summed E-state index contributed by atoms with van der Waals surface area (Å²) in [5.41, 5.74) is 2.16. The Morgan fingerprint density at radius 1 is 1.22 bits per heavy atom. The fourth-order valence-electron chi connectivity index (χ4n) is 1.84. The van der Waals surface area contributed by atoms with Crippen molar-refractivity contribution in [2.24, 2.45) is 5.92 Å². The normalized spacial score (nSPS) is 14.8. The maximum atomic E-state index is 10.1. The lowest BCUT2D eigenvalue weighted by molar-refractivity contribution is 0.124. The molecule has 0 radical (unpaired) electrons. The molecule has 0 aromatic heterocycles. The van der Waals surface area contributed by atoms with E-state index in [-0.39, 0.29) is 6.04 Å². The van der Waals surface area contributed by atoms with Crippen LogP contribution in [0.25, 0.3) is 0 Å². The van der Waals surface area contributed by atoms with Gasteiger partial charge < -0.3 is 15.2 Å². The molecular formula is C15H25NO2. The molecule has 102 valence electrons. The number of rotatable bonds is 7. The third-order valence-electron chi connectivity index (χ3n) is 3.19. The van der Waals surface area contributed by atoms with Crippen molar-refractivity contribution >= 4 is 0 Å². The molecule has 0 spiro atoms. The van der Waals surface area contributed by atoms with Crippen LogP contribution in [0.1, 0.15) is 31.1 Å². The van der Waals surface area contributed by atoms with Crippen LogP contribution < -0.4 is 5.32 Å². The van der Waals surface area contributed by atoms with E-state index in [2.05, 4.69) is 19.2 Å². The Balaban J connectivity index is 2.48. The van der Waals surface area contributed by atoms with Gasteiger partial charge in [-0.2, -0.15) is 0 Å². The molecule has 2 atom stereocenters. The van der Waals surface area contributed by atoms with Crippen molar-refractivity contribution in [3.63, 3.8) is 0 Å². The average Bonchev–Trinajstić information content (AvgIpc) is 2.34. The lowest BCUT2D eigenvalue weighted by atomic mass is 10.0. The van der Waals surface area contributed by atoms with Gasteiger partial charge in [-0.05, 0) is 18.4 Å². The van der Waals surface area contributed by atoms with Crippen LogP contribution in [0.4, 0.5) is 0 Å². The standard InChI is InChI=1S/C15H25NO2/c1-11(2)14(10-18-4)16-9-15(17)13-7-5-12(3)6-8-13/h5-8,11,14-17H,9-10H2,1-4H3. The van der Waals surface area contributed by atoms with Gasteiger partial charge in [0, 0.05) is 19.7 Å². The molecule has 3 heteroatoms. The molecule has 0 aliphatic heterocycles. The zero-order valence-corrected chi connectivity index (χ0v) is 11.8. The highest BCUT2D eigenvalue weighted by Gasteiger charge is 2.15. The first-order chi connectivity index (χ1) is 8.54. The lowest BCUT2D eigenvalue weighted by Crippen LogP contribution is -2.39. The molecule has 0 bridgehead atoms. The topological polar surface area (TPSA) is 41.5 Å². The Kier molecular flexibility index (Phi) is 6.33. The minimum absolute atomic E-state index is 0.273. The van der Waals surface area contributed by atoms with Crippen LogP contribution >= 0.6 is 0 Å². The second-order valence-electron chi connectivity index (χ2n) is 5.14. The molecule has 0 aliphatic rings. The number of aliphatic hydroxyl groups is 1. The summed E-state index contributed by atoms with van der Waals surface area (Å²) in [7, 11) is 1.70. The third-order valence-corrected chi connectivity index (χ3v) is 3.19. The van der Waals surface area contributed by atoms with Gasteiger partial charge in [-0.3, -0.25) is 0 Å². The molecular weight excluding hydrogens is 226 g/mol. The zero-order chi connectivity index (χ0) is 13.5. The van der Waals surface area contributed by atoms with E-state index in [1.165, 1.54) is 5.56 Å². The Morgan fingerprint density at radius 3 is 2.33 bits per heavy atom. The first-order valence-corrected chi connectivity index (χ1v) is 6.51. The van der Waals surface area contributed by atoms with E-state index < -0.39 is 6.10 Å². The van der Waals surface area contributed by atoms with E-state index in [1.54, 1.807) is 7.11 Å². The summed E-state index contributed by atoms with van der Waals surface area (Å²) in [6, 6.07) is 8.27. The zero-order valence-electron chi connectivity index (χ0n) is 11.8. The number of aryl methyl sites for hydroxylation is 1. The third kappa shape index (κ3) is 4.77. The van der Waals surface area contributed by atoms with E-state index in [1.807, 2.05) is 31.2 Å². The van der Waals surface area contributed by atoms with E-state index in [0.29, 0.717) is 19.1 Å². The fourth-order valence-corrected chi connectivity index (χ4v) is 1.84. The lowest BCUT2D eigenvalue weighted by Gasteiger charge is -2.23. The monoisotopic (exact) mass is 251 g/mol. The molecule has 1 aromatic rings. The van der Waals surface area contributed by atoms with Gasteiger partial charge in [0.1, 0.15) is 0 Å². The summed E-state index contributed by atoms with van der Waals surface area (Å²) in [4.78, 5) is 0. The minimum atomic E-state index is -0.469. The SMILES string of the molecule is COCC(NCC(O)c1ccc(C)cc1)C(C)C. The summed E-state index contributed by atoms with van der Waals surface area (Å²) in [5, 5.41) is 13.5. The largest absolute Gasteiger partial charge is 0.387 e. The van der Waals surface area contributed by atoms with Crippen LogP contribution in [0, 0.1) is 12.8 Å². The summed E-state index contributed by atoms with van der Waals surface area (Å²) < 4.78 is 5.17. The Bertz CT molecular complexity index is 335. The predicted molar refractivity (Wildman–Crippen MR) is 74.6 cm³/mol. The molecule has 3 nitrogen and oxygen atoms in total. The van der Waals surface area contributed by atoms with Crippen LogP contribution in [-0.2, 0) is 4.74 Å². The molecule has 18 heavy (non-hydrogen) atoms. The Morgan fingerprint density at radius 2 is 1.83 bits per heavy atom. The van der Waals surface area contributed by atoms with E-state index in [9.17, 15) is 5.11 Å². The van der Waals surface area contributed by atoms with Crippen molar-refractivity contribution in [3.05, 3.63) is 35.4 Å². The first-order valence-electron chi connectivity index (χ1n) is 6.51. The molecule has 0 saturated carbocycles. The molecule has 0 aliphatic carbocycles. The molecule has 0 saturated heterocycles. The molecule has 0 fully saturated rings. The highest BCUT2D eigenvalue weighted by Crippen LogP contribution is 2.13. The van der Waals surface area contributed by atoms with Gasteiger partial charge in [-0.15, -0.1) is 0 Å². The van der Waals surface area contributed by atoms with Crippen molar-refractivity contribution in [3.8, 4) is 0 Å². The quantitative estimate of drug-likeness (QED) is 0.781. The predicted octanol–water partition coefficient (Wildman–Crippen LogP) is 2.29. The molecule has 1 rings (SSSR count). The summed E-state index contributed by atoms with van der Waals surface area (Å²) in [6.07, 6.45) is -0.469. The number of hydrogen-bond acceptors (Lipinski definition) is 3. The summed E-state index contributed by atoms with van der Waals surface area (Å²) in [5.74, 6) is 0.482. The van der Waals surface area contributed by atoms with Crippen LogP contribution in [-0.4, -0.2) is 31.4 Å². The number of nitrogens with one attached hydrogen (secondary N) is 1. The maximum absolute atomic E-state index is 10.1. The highest BCUT2D eigenvalue weighted by atomic mass is 16.5. The van der Waals surface area contributed by atoms with Crippen molar-refractivity contribution in [2.45, 2.75) is 32.9 Å². The Hall–Kier alpha value is -0.900. The van der Waals surface area contributed by atoms with Crippen LogP contribution in [0.3, 0.4) is 0 Å². The molecule has 0 heterocycles.